The fourth-order valence-corrected chi connectivity index (χ4v) is 1.24. The highest BCUT2D eigenvalue weighted by molar-refractivity contribution is 6.27. The number of halogens is 1. The largest absolute Gasteiger partial charge is 0.493 e. The summed E-state index contributed by atoms with van der Waals surface area (Å²) in [4.78, 5) is 3.85. The van der Waals surface area contributed by atoms with Gasteiger partial charge in [-0.2, -0.15) is 4.98 Å². The number of aromatic nitrogens is 2. The van der Waals surface area contributed by atoms with E-state index in [1.165, 1.54) is 0 Å². The van der Waals surface area contributed by atoms with Crippen molar-refractivity contribution in [2.75, 3.05) is 6.61 Å². The van der Waals surface area contributed by atoms with Gasteiger partial charge in [-0.3, -0.25) is 0 Å². The molecule has 0 aliphatic carbocycles. The molecule has 5 heteroatoms. The molecule has 1 aromatic carbocycles. The van der Waals surface area contributed by atoms with Gasteiger partial charge in [-0.25, -0.2) is 0 Å². The van der Waals surface area contributed by atoms with Gasteiger partial charge in [0.25, 0.3) is 0 Å². The molecule has 78 valence electrons. The molecule has 2 rings (SSSR count). The predicted octanol–water partition coefficient (Wildman–Crippen LogP) is 2.34. The van der Waals surface area contributed by atoms with Crippen LogP contribution in [0, 0.1) is 0 Å². The third kappa shape index (κ3) is 2.95. The summed E-state index contributed by atoms with van der Waals surface area (Å²) in [5.74, 6) is 1.38. The van der Waals surface area contributed by atoms with Gasteiger partial charge in [0, 0.05) is 6.42 Å². The fraction of sp³-hybridized carbons (Fsp3) is 0.200. The molecule has 0 saturated heterocycles. The molecule has 0 bridgehead atoms. The van der Waals surface area contributed by atoms with Crippen molar-refractivity contribution in [1.82, 2.24) is 10.1 Å². The molecular weight excluding hydrogens is 216 g/mol. The Hall–Kier alpha value is -1.55. The van der Waals surface area contributed by atoms with E-state index in [1.54, 1.807) is 0 Å². The van der Waals surface area contributed by atoms with Crippen molar-refractivity contribution in [3.8, 4) is 5.75 Å². The monoisotopic (exact) mass is 224 g/mol. The maximum Gasteiger partial charge on any atom is 0.320 e. The minimum atomic E-state index is 0.0599. The number of ether oxygens (including phenoxy) is 1. The molecule has 2 aromatic rings. The van der Waals surface area contributed by atoms with Gasteiger partial charge in [-0.05, 0) is 23.7 Å². The van der Waals surface area contributed by atoms with Gasteiger partial charge in [-0.1, -0.05) is 23.4 Å². The Morgan fingerprint density at radius 3 is 2.73 bits per heavy atom. The summed E-state index contributed by atoms with van der Waals surface area (Å²) in [7, 11) is 0. The van der Waals surface area contributed by atoms with E-state index in [9.17, 15) is 0 Å². The predicted molar refractivity (Wildman–Crippen MR) is 54.9 cm³/mol. The molecule has 0 radical (unpaired) electrons. The van der Waals surface area contributed by atoms with Gasteiger partial charge >= 0.3 is 5.35 Å². The zero-order chi connectivity index (χ0) is 10.5. The summed E-state index contributed by atoms with van der Waals surface area (Å²) in [5, 5.41) is 3.71. The van der Waals surface area contributed by atoms with Crippen LogP contribution in [0.4, 0.5) is 0 Å². The molecule has 0 atom stereocenters. The van der Waals surface area contributed by atoms with Gasteiger partial charge in [0.1, 0.15) is 5.75 Å². The Bertz CT molecular complexity index is 416. The maximum absolute atomic E-state index is 5.48. The van der Waals surface area contributed by atoms with Crippen LogP contribution in [0.3, 0.4) is 0 Å². The van der Waals surface area contributed by atoms with E-state index in [0.717, 1.165) is 5.75 Å². The van der Waals surface area contributed by atoms with Crippen molar-refractivity contribution in [3.05, 3.63) is 41.5 Å². The van der Waals surface area contributed by atoms with E-state index in [0.29, 0.717) is 18.9 Å². The van der Waals surface area contributed by atoms with E-state index in [1.807, 2.05) is 30.3 Å². The molecule has 0 N–H and O–H groups in total. The van der Waals surface area contributed by atoms with Crippen LogP contribution in [0.5, 0.6) is 5.75 Å². The molecule has 0 spiro atoms. The Balaban J connectivity index is 1.80. The number of nitrogens with zero attached hydrogens (tertiary/aromatic N) is 2. The summed E-state index contributed by atoms with van der Waals surface area (Å²) < 4.78 is 10.1. The van der Waals surface area contributed by atoms with Gasteiger partial charge < -0.3 is 9.26 Å². The molecule has 0 unspecified atom stereocenters. The summed E-state index contributed by atoms with van der Waals surface area (Å²) in [6.45, 7) is 0.500. The van der Waals surface area contributed by atoms with Gasteiger partial charge in [-0.15, -0.1) is 0 Å². The normalized spacial score (nSPS) is 10.2. The van der Waals surface area contributed by atoms with E-state index in [-0.39, 0.29) is 5.35 Å². The number of para-hydroxylation sites is 1. The minimum absolute atomic E-state index is 0.0599. The lowest BCUT2D eigenvalue weighted by molar-refractivity contribution is 0.315. The van der Waals surface area contributed by atoms with Gasteiger partial charge in [0.05, 0.1) is 6.61 Å². The van der Waals surface area contributed by atoms with Crippen LogP contribution >= 0.6 is 11.6 Å². The number of hydrogen-bond donors (Lipinski definition) is 0. The van der Waals surface area contributed by atoms with Crippen molar-refractivity contribution in [2.45, 2.75) is 6.42 Å². The lowest BCUT2D eigenvalue weighted by Crippen LogP contribution is -2.02. The van der Waals surface area contributed by atoms with Crippen molar-refractivity contribution in [3.63, 3.8) is 0 Å². The van der Waals surface area contributed by atoms with Gasteiger partial charge in [0.2, 0.25) is 0 Å². The molecule has 1 aromatic heterocycles. The fourth-order valence-electron chi connectivity index (χ4n) is 1.11. The number of benzene rings is 1. The van der Waals surface area contributed by atoms with Crippen molar-refractivity contribution in [1.29, 1.82) is 0 Å². The summed E-state index contributed by atoms with van der Waals surface area (Å²) in [5.41, 5.74) is 0. The van der Waals surface area contributed by atoms with Crippen LogP contribution in [0.15, 0.2) is 34.9 Å². The highest BCUT2D eigenvalue weighted by Crippen LogP contribution is 2.09. The van der Waals surface area contributed by atoms with Crippen molar-refractivity contribution < 1.29 is 9.26 Å². The highest BCUT2D eigenvalue weighted by Gasteiger charge is 2.03. The Morgan fingerprint density at radius 2 is 2.07 bits per heavy atom. The second-order valence-electron chi connectivity index (χ2n) is 2.88. The number of hydrogen-bond acceptors (Lipinski definition) is 4. The quantitative estimate of drug-likeness (QED) is 0.800. The molecule has 15 heavy (non-hydrogen) atoms. The van der Waals surface area contributed by atoms with E-state index in [4.69, 9.17) is 16.3 Å². The first-order valence-corrected chi connectivity index (χ1v) is 4.88. The average molecular weight is 225 g/mol. The summed E-state index contributed by atoms with van der Waals surface area (Å²) in [6, 6.07) is 9.55. The maximum atomic E-state index is 5.48. The van der Waals surface area contributed by atoms with Crippen molar-refractivity contribution in [2.24, 2.45) is 0 Å². The Morgan fingerprint density at radius 1 is 1.27 bits per heavy atom. The second kappa shape index (κ2) is 4.79. The minimum Gasteiger partial charge on any atom is -0.493 e. The molecule has 0 aliphatic rings. The first-order chi connectivity index (χ1) is 7.34. The van der Waals surface area contributed by atoms with Crippen LogP contribution in [0.1, 0.15) is 5.82 Å². The number of rotatable bonds is 4. The molecule has 0 amide bonds. The molecule has 4 nitrogen and oxygen atoms in total. The molecule has 0 saturated carbocycles. The Kier molecular flexibility index (Phi) is 3.19. The third-order valence-corrected chi connectivity index (χ3v) is 1.93. The van der Waals surface area contributed by atoms with Gasteiger partial charge in [0.15, 0.2) is 5.82 Å². The van der Waals surface area contributed by atoms with Crippen molar-refractivity contribution >= 4 is 11.6 Å². The first-order valence-electron chi connectivity index (χ1n) is 4.50. The Labute approximate surface area is 91.8 Å². The van der Waals surface area contributed by atoms with E-state index < -0.39 is 0 Å². The van der Waals surface area contributed by atoms with Crippen LogP contribution in [0.2, 0.25) is 5.35 Å². The lowest BCUT2D eigenvalue weighted by Gasteiger charge is -2.02. The third-order valence-electron chi connectivity index (χ3n) is 1.78. The highest BCUT2D eigenvalue weighted by atomic mass is 35.5. The molecule has 0 aliphatic heterocycles. The zero-order valence-electron chi connectivity index (χ0n) is 7.89. The second-order valence-corrected chi connectivity index (χ2v) is 3.20. The molecule has 0 fully saturated rings. The van der Waals surface area contributed by atoms with Crippen LogP contribution in [-0.2, 0) is 6.42 Å². The van der Waals surface area contributed by atoms with Crippen LogP contribution < -0.4 is 4.74 Å². The summed E-state index contributed by atoms with van der Waals surface area (Å²) in [6.07, 6.45) is 0.575. The lowest BCUT2D eigenvalue weighted by atomic mass is 10.3. The van der Waals surface area contributed by atoms with E-state index >= 15 is 0 Å². The summed E-state index contributed by atoms with van der Waals surface area (Å²) >= 11 is 5.48. The smallest absolute Gasteiger partial charge is 0.320 e. The van der Waals surface area contributed by atoms with Crippen LogP contribution in [0.25, 0.3) is 0 Å². The SMILES string of the molecule is Clc1nc(CCOc2ccccc2)no1. The van der Waals surface area contributed by atoms with E-state index in [2.05, 4.69) is 14.7 Å². The molecular formula is C10H9ClN2O2. The topological polar surface area (TPSA) is 48.2 Å². The standard InChI is InChI=1S/C10H9ClN2O2/c11-10-12-9(13-15-10)6-7-14-8-4-2-1-3-5-8/h1-5H,6-7H2. The molecule has 1 heterocycles. The van der Waals surface area contributed by atoms with Crippen LogP contribution in [-0.4, -0.2) is 16.7 Å². The first kappa shape index (κ1) is 9.98. The zero-order valence-corrected chi connectivity index (χ0v) is 8.65. The average Bonchev–Trinajstić information content (AvgIpc) is 2.66.